The molecule has 0 aliphatic heterocycles. The molecular formula is C18H21BN4O3. The van der Waals surface area contributed by atoms with E-state index in [0.29, 0.717) is 12.0 Å². The van der Waals surface area contributed by atoms with Crippen LogP contribution in [0.1, 0.15) is 22.9 Å². The van der Waals surface area contributed by atoms with E-state index in [1.54, 1.807) is 25.4 Å². The van der Waals surface area contributed by atoms with Gasteiger partial charge in [-0.05, 0) is 35.1 Å². The summed E-state index contributed by atoms with van der Waals surface area (Å²) in [6, 6.07) is 15.1. The molecular weight excluding hydrogens is 331 g/mol. The van der Waals surface area contributed by atoms with Gasteiger partial charge in [0.25, 0.3) is 0 Å². The Morgan fingerprint density at radius 1 is 1.08 bits per heavy atom. The molecule has 8 heteroatoms. The van der Waals surface area contributed by atoms with Gasteiger partial charge in [0.05, 0.1) is 25.0 Å². The van der Waals surface area contributed by atoms with Crippen molar-refractivity contribution >= 4 is 12.6 Å². The molecule has 1 aromatic heterocycles. The number of nitrogens with one attached hydrogen (secondary N) is 2. The zero-order valence-electron chi connectivity index (χ0n) is 14.5. The predicted octanol–water partition coefficient (Wildman–Crippen LogP) is 0.567. The minimum Gasteiger partial charge on any atom is -0.497 e. The molecule has 1 unspecified atom stereocenters. The number of methoxy groups -OCH3 is 1. The van der Waals surface area contributed by atoms with Crippen LogP contribution in [0.5, 0.6) is 5.75 Å². The van der Waals surface area contributed by atoms with Crippen LogP contribution < -0.4 is 15.5 Å². The van der Waals surface area contributed by atoms with E-state index in [1.165, 1.54) is 0 Å². The first-order valence-electron chi connectivity index (χ1n) is 8.32. The molecule has 0 radical (unpaired) electrons. The minimum absolute atomic E-state index is 0.00902. The molecule has 0 saturated heterocycles. The summed E-state index contributed by atoms with van der Waals surface area (Å²) >= 11 is 0. The molecule has 0 bridgehead atoms. The standard InChI is InChI=1S/C18H21BN4O3/c1-26-16-8-4-13(5-9-16)10-17(18-12-21-23-22-18)20-11-14-2-6-15(7-3-14)19(24)25/h2-9,12,17,20,24-25H,10-11H2,1H3,(H,21,22,23). The van der Waals surface area contributed by atoms with Crippen molar-refractivity contribution in [2.75, 3.05) is 7.11 Å². The third kappa shape index (κ3) is 4.69. The second-order valence-corrected chi connectivity index (χ2v) is 6.00. The molecule has 2 aromatic carbocycles. The molecule has 3 aromatic rings. The topological polar surface area (TPSA) is 103 Å². The lowest BCUT2D eigenvalue weighted by Gasteiger charge is -2.17. The van der Waals surface area contributed by atoms with Gasteiger partial charge in [-0.3, -0.25) is 0 Å². The number of nitrogens with zero attached hydrogens (tertiary/aromatic N) is 2. The second-order valence-electron chi connectivity index (χ2n) is 6.00. The molecule has 134 valence electrons. The molecule has 4 N–H and O–H groups in total. The van der Waals surface area contributed by atoms with E-state index in [4.69, 9.17) is 4.74 Å². The van der Waals surface area contributed by atoms with E-state index in [2.05, 4.69) is 20.7 Å². The maximum atomic E-state index is 9.17. The fourth-order valence-electron chi connectivity index (χ4n) is 2.71. The summed E-state index contributed by atoms with van der Waals surface area (Å²) in [6.07, 6.45) is 2.47. The van der Waals surface area contributed by atoms with Crippen molar-refractivity contribution in [3.05, 3.63) is 71.5 Å². The first kappa shape index (κ1) is 18.1. The van der Waals surface area contributed by atoms with Gasteiger partial charge in [0.2, 0.25) is 0 Å². The Bertz CT molecular complexity index is 792. The SMILES string of the molecule is COc1ccc(CC(NCc2ccc(B(O)O)cc2)c2cn[nH]n2)cc1. The summed E-state index contributed by atoms with van der Waals surface area (Å²) in [7, 11) is 0.200. The summed E-state index contributed by atoms with van der Waals surface area (Å²) in [4.78, 5) is 0. The van der Waals surface area contributed by atoms with Crippen LogP contribution in [0.25, 0.3) is 0 Å². The zero-order chi connectivity index (χ0) is 18.4. The molecule has 0 aliphatic rings. The van der Waals surface area contributed by atoms with Crippen molar-refractivity contribution in [2.24, 2.45) is 0 Å². The summed E-state index contributed by atoms with van der Waals surface area (Å²) in [5.41, 5.74) is 3.51. The molecule has 26 heavy (non-hydrogen) atoms. The second kappa shape index (κ2) is 8.62. The van der Waals surface area contributed by atoms with Gasteiger partial charge in [-0.1, -0.05) is 36.4 Å². The summed E-state index contributed by atoms with van der Waals surface area (Å²) < 4.78 is 5.20. The first-order chi connectivity index (χ1) is 12.7. The normalized spacial score (nSPS) is 12.0. The lowest BCUT2D eigenvalue weighted by molar-refractivity contribution is 0.414. The molecule has 1 atom stereocenters. The number of benzene rings is 2. The fourth-order valence-corrected chi connectivity index (χ4v) is 2.71. The summed E-state index contributed by atoms with van der Waals surface area (Å²) in [6.45, 7) is 0.621. The first-order valence-corrected chi connectivity index (χ1v) is 8.32. The van der Waals surface area contributed by atoms with Crippen LogP contribution in [0, 0.1) is 0 Å². The van der Waals surface area contributed by atoms with E-state index in [9.17, 15) is 10.0 Å². The van der Waals surface area contributed by atoms with Crippen LogP contribution in [0.3, 0.4) is 0 Å². The van der Waals surface area contributed by atoms with E-state index in [1.807, 2.05) is 36.4 Å². The van der Waals surface area contributed by atoms with Crippen molar-refractivity contribution in [2.45, 2.75) is 19.0 Å². The van der Waals surface area contributed by atoms with Crippen LogP contribution in [-0.2, 0) is 13.0 Å². The van der Waals surface area contributed by atoms with Crippen molar-refractivity contribution in [3.63, 3.8) is 0 Å². The van der Waals surface area contributed by atoms with Crippen LogP contribution >= 0.6 is 0 Å². The van der Waals surface area contributed by atoms with Crippen LogP contribution in [-0.4, -0.2) is 39.7 Å². The Balaban J connectivity index is 1.68. The van der Waals surface area contributed by atoms with Gasteiger partial charge in [-0.25, -0.2) is 0 Å². The number of H-pyrrole nitrogens is 1. The highest BCUT2D eigenvalue weighted by Crippen LogP contribution is 2.19. The van der Waals surface area contributed by atoms with Crippen LogP contribution in [0.15, 0.2) is 54.7 Å². The Morgan fingerprint density at radius 2 is 1.77 bits per heavy atom. The van der Waals surface area contributed by atoms with Gasteiger partial charge in [-0.15, -0.1) is 0 Å². The minimum atomic E-state index is -1.45. The van der Waals surface area contributed by atoms with Gasteiger partial charge in [0, 0.05) is 6.54 Å². The van der Waals surface area contributed by atoms with E-state index in [-0.39, 0.29) is 6.04 Å². The lowest BCUT2D eigenvalue weighted by atomic mass is 9.80. The zero-order valence-corrected chi connectivity index (χ0v) is 14.5. The monoisotopic (exact) mass is 352 g/mol. The maximum absolute atomic E-state index is 9.17. The molecule has 1 heterocycles. The van der Waals surface area contributed by atoms with Crippen LogP contribution in [0.2, 0.25) is 0 Å². The number of rotatable bonds is 8. The van der Waals surface area contributed by atoms with Crippen molar-refractivity contribution in [3.8, 4) is 5.75 Å². The predicted molar refractivity (Wildman–Crippen MR) is 98.9 cm³/mol. The fraction of sp³-hybridized carbons (Fsp3) is 0.222. The molecule has 0 saturated carbocycles. The molecule has 3 rings (SSSR count). The van der Waals surface area contributed by atoms with Gasteiger partial charge >= 0.3 is 7.12 Å². The molecule has 7 nitrogen and oxygen atoms in total. The van der Waals surface area contributed by atoms with Crippen LogP contribution in [0.4, 0.5) is 0 Å². The Hall–Kier alpha value is -2.68. The maximum Gasteiger partial charge on any atom is 0.488 e. The summed E-state index contributed by atoms with van der Waals surface area (Å²) in [5, 5.41) is 32.6. The Morgan fingerprint density at radius 3 is 2.35 bits per heavy atom. The van der Waals surface area contributed by atoms with Crippen molar-refractivity contribution in [1.82, 2.24) is 20.7 Å². The van der Waals surface area contributed by atoms with Gasteiger partial charge in [-0.2, -0.15) is 15.4 Å². The number of hydrogen-bond acceptors (Lipinski definition) is 6. The van der Waals surface area contributed by atoms with E-state index < -0.39 is 7.12 Å². The highest BCUT2D eigenvalue weighted by molar-refractivity contribution is 6.58. The number of ether oxygens (including phenoxy) is 1. The van der Waals surface area contributed by atoms with Gasteiger partial charge < -0.3 is 20.1 Å². The summed E-state index contributed by atoms with van der Waals surface area (Å²) in [5.74, 6) is 0.825. The van der Waals surface area contributed by atoms with Crippen molar-refractivity contribution < 1.29 is 14.8 Å². The Kier molecular flexibility index (Phi) is 6.01. The largest absolute Gasteiger partial charge is 0.497 e. The third-order valence-electron chi connectivity index (χ3n) is 4.22. The molecule has 0 amide bonds. The molecule has 0 fully saturated rings. The highest BCUT2D eigenvalue weighted by Gasteiger charge is 2.15. The van der Waals surface area contributed by atoms with E-state index >= 15 is 0 Å². The van der Waals surface area contributed by atoms with E-state index in [0.717, 1.165) is 29.0 Å². The quantitative estimate of drug-likeness (QED) is 0.442. The highest BCUT2D eigenvalue weighted by atomic mass is 16.5. The smallest absolute Gasteiger partial charge is 0.488 e. The average Bonchev–Trinajstić information content (AvgIpc) is 3.20. The van der Waals surface area contributed by atoms with Gasteiger partial charge in [0.1, 0.15) is 5.75 Å². The number of aromatic nitrogens is 3. The average molecular weight is 352 g/mol. The lowest BCUT2D eigenvalue weighted by Crippen LogP contribution is -2.29. The molecule has 0 spiro atoms. The Labute approximate surface area is 152 Å². The molecule has 0 aliphatic carbocycles. The van der Waals surface area contributed by atoms with Crippen molar-refractivity contribution in [1.29, 1.82) is 0 Å². The third-order valence-corrected chi connectivity index (χ3v) is 4.22. The number of hydrogen-bond donors (Lipinski definition) is 4. The van der Waals surface area contributed by atoms with Gasteiger partial charge in [0.15, 0.2) is 0 Å². The number of aromatic amines is 1.